The molecule has 0 radical (unpaired) electrons. The Morgan fingerprint density at radius 3 is 2.72 bits per heavy atom. The van der Waals surface area contributed by atoms with Crippen molar-refractivity contribution in [1.82, 2.24) is 24.3 Å². The molecule has 0 aliphatic rings. The molecule has 36 heavy (non-hydrogen) atoms. The van der Waals surface area contributed by atoms with Crippen LogP contribution in [0.15, 0.2) is 52.3 Å². The number of carbonyl (C=O) groups is 2. The van der Waals surface area contributed by atoms with Crippen LogP contribution in [0.5, 0.6) is 5.75 Å². The second kappa shape index (κ2) is 10.3. The van der Waals surface area contributed by atoms with Crippen LogP contribution < -0.4 is 21.3 Å². The molecule has 0 spiro atoms. The zero-order valence-electron chi connectivity index (χ0n) is 19.9. The van der Waals surface area contributed by atoms with Gasteiger partial charge < -0.3 is 19.4 Å². The molecule has 0 aliphatic heterocycles. The van der Waals surface area contributed by atoms with Gasteiger partial charge in [-0.05, 0) is 31.5 Å². The number of nitrogens with one attached hydrogen (secondary N) is 2. The molecule has 4 aromatic rings. The number of H-pyrrole nitrogens is 1. The molecule has 3 aromatic heterocycles. The Hall–Kier alpha value is -4.74. The maximum atomic E-state index is 12.8. The first-order chi connectivity index (χ1) is 17.3. The molecule has 186 valence electrons. The Bertz CT molecular complexity index is 1570. The number of methoxy groups -OCH3 is 1. The maximum Gasteiger partial charge on any atom is 0.343 e. The van der Waals surface area contributed by atoms with E-state index in [4.69, 9.17) is 9.47 Å². The number of anilines is 1. The third-order valence-corrected chi connectivity index (χ3v) is 5.43. The van der Waals surface area contributed by atoms with E-state index in [1.54, 1.807) is 26.2 Å². The molecule has 12 heteroatoms. The lowest BCUT2D eigenvalue weighted by atomic mass is 10.1. The molecular formula is C24H24N6O6. The van der Waals surface area contributed by atoms with E-state index in [-0.39, 0.29) is 31.0 Å². The van der Waals surface area contributed by atoms with Crippen molar-refractivity contribution < 1.29 is 19.1 Å². The van der Waals surface area contributed by atoms with E-state index < -0.39 is 23.1 Å². The van der Waals surface area contributed by atoms with E-state index in [9.17, 15) is 19.2 Å². The number of hydrogen-bond donors (Lipinski definition) is 2. The summed E-state index contributed by atoms with van der Waals surface area (Å²) in [7, 11) is 1.55. The number of carbonyl (C=O) groups excluding carboxylic acids is 2. The maximum absolute atomic E-state index is 12.8. The zero-order chi connectivity index (χ0) is 25.8. The fourth-order valence-electron chi connectivity index (χ4n) is 3.68. The molecule has 1 aromatic carbocycles. The number of rotatable bonds is 8. The van der Waals surface area contributed by atoms with E-state index in [0.29, 0.717) is 17.1 Å². The number of nitrogens with zero attached hydrogens (tertiary/aromatic N) is 4. The van der Waals surface area contributed by atoms with Gasteiger partial charge in [0.2, 0.25) is 5.91 Å². The van der Waals surface area contributed by atoms with Crippen LogP contribution in [0.1, 0.15) is 29.3 Å². The first kappa shape index (κ1) is 24.4. The summed E-state index contributed by atoms with van der Waals surface area (Å²) in [5.74, 6) is -0.158. The molecule has 2 N–H and O–H groups in total. The molecule has 0 fully saturated rings. The number of para-hydroxylation sites is 1. The number of hydrogen-bond acceptors (Lipinski definition) is 8. The van der Waals surface area contributed by atoms with Gasteiger partial charge in [0.1, 0.15) is 16.8 Å². The van der Waals surface area contributed by atoms with Crippen LogP contribution in [0.4, 0.5) is 5.82 Å². The number of esters is 1. The summed E-state index contributed by atoms with van der Waals surface area (Å²) in [6.45, 7) is 3.72. The Kier molecular flexibility index (Phi) is 6.95. The van der Waals surface area contributed by atoms with Gasteiger partial charge in [0.15, 0.2) is 11.6 Å². The molecular weight excluding hydrogens is 468 g/mol. The van der Waals surface area contributed by atoms with Gasteiger partial charge in [-0.1, -0.05) is 12.1 Å². The summed E-state index contributed by atoms with van der Waals surface area (Å²) in [6.07, 6.45) is 2.48. The van der Waals surface area contributed by atoms with Crippen molar-refractivity contribution in [3.8, 4) is 11.6 Å². The Balaban J connectivity index is 1.71. The highest BCUT2D eigenvalue weighted by molar-refractivity contribution is 6.00. The standard InChI is InChI=1S/C24H24N6O6/c1-4-36-23(33)16-13-25-30(18-12-14(2)15-6-5-7-17(35-3)21(15)26-18)22(16)27-19(31)8-10-29-11-9-20(32)28-24(29)34/h5-7,9,11-13H,4,8,10H2,1-3H3,(H,27,31)(H,28,32,34). The monoisotopic (exact) mass is 492 g/mol. The first-order valence-corrected chi connectivity index (χ1v) is 11.1. The topological polar surface area (TPSA) is 150 Å². The van der Waals surface area contributed by atoms with Crippen molar-refractivity contribution in [3.05, 3.63) is 74.7 Å². The summed E-state index contributed by atoms with van der Waals surface area (Å²) in [5.41, 5.74) is 0.372. The molecule has 12 nitrogen and oxygen atoms in total. The summed E-state index contributed by atoms with van der Waals surface area (Å²) in [4.78, 5) is 55.4. The number of fused-ring (bicyclic) bond motifs is 1. The summed E-state index contributed by atoms with van der Waals surface area (Å²) in [5, 5.41) is 7.87. The van der Waals surface area contributed by atoms with Gasteiger partial charge >= 0.3 is 11.7 Å². The van der Waals surface area contributed by atoms with Gasteiger partial charge in [0.25, 0.3) is 5.56 Å². The highest BCUT2D eigenvalue weighted by atomic mass is 16.5. The molecule has 0 saturated carbocycles. The highest BCUT2D eigenvalue weighted by Gasteiger charge is 2.23. The minimum atomic E-state index is -0.661. The third kappa shape index (κ3) is 4.87. The Morgan fingerprint density at radius 2 is 2.00 bits per heavy atom. The fourth-order valence-corrected chi connectivity index (χ4v) is 3.68. The predicted molar refractivity (Wildman–Crippen MR) is 131 cm³/mol. The number of amides is 1. The average Bonchev–Trinajstić information content (AvgIpc) is 3.26. The van der Waals surface area contributed by atoms with Gasteiger partial charge in [-0.2, -0.15) is 9.78 Å². The lowest BCUT2D eigenvalue weighted by Gasteiger charge is -2.13. The summed E-state index contributed by atoms with van der Waals surface area (Å²) >= 11 is 0. The summed E-state index contributed by atoms with van der Waals surface area (Å²) in [6, 6.07) is 8.53. The minimum absolute atomic E-state index is 0.00878. The Morgan fingerprint density at radius 1 is 1.19 bits per heavy atom. The van der Waals surface area contributed by atoms with E-state index in [2.05, 4.69) is 20.4 Å². The van der Waals surface area contributed by atoms with Gasteiger partial charge in [-0.25, -0.2) is 14.6 Å². The van der Waals surface area contributed by atoms with Crippen LogP contribution in [0.2, 0.25) is 0 Å². The van der Waals surface area contributed by atoms with Crippen LogP contribution in [-0.2, 0) is 16.1 Å². The normalized spacial score (nSPS) is 10.9. The van der Waals surface area contributed by atoms with E-state index >= 15 is 0 Å². The Labute approximate surface area is 204 Å². The lowest BCUT2D eigenvalue weighted by Crippen LogP contribution is -2.30. The van der Waals surface area contributed by atoms with Crippen molar-refractivity contribution in [3.63, 3.8) is 0 Å². The lowest BCUT2D eigenvalue weighted by molar-refractivity contribution is -0.116. The van der Waals surface area contributed by atoms with Crippen molar-refractivity contribution in [2.45, 2.75) is 26.8 Å². The number of benzene rings is 1. The number of aromatic amines is 1. The zero-order valence-corrected chi connectivity index (χ0v) is 19.9. The molecule has 0 saturated heterocycles. The quantitative estimate of drug-likeness (QED) is 0.354. The molecule has 0 unspecified atom stereocenters. The molecule has 0 aliphatic carbocycles. The molecule has 3 heterocycles. The van der Waals surface area contributed by atoms with E-state index in [0.717, 1.165) is 10.9 Å². The van der Waals surface area contributed by atoms with Crippen molar-refractivity contribution in [2.24, 2.45) is 0 Å². The fraction of sp³-hybridized carbons (Fsp3) is 0.250. The third-order valence-electron chi connectivity index (χ3n) is 5.43. The minimum Gasteiger partial charge on any atom is -0.494 e. The molecule has 4 rings (SSSR count). The van der Waals surface area contributed by atoms with Crippen LogP contribution in [-0.4, -0.2) is 49.9 Å². The van der Waals surface area contributed by atoms with E-state index in [1.807, 2.05) is 19.1 Å². The smallest absolute Gasteiger partial charge is 0.343 e. The predicted octanol–water partition coefficient (Wildman–Crippen LogP) is 1.79. The second-order valence-electron chi connectivity index (χ2n) is 7.79. The first-order valence-electron chi connectivity index (χ1n) is 11.1. The highest BCUT2D eigenvalue weighted by Crippen LogP contribution is 2.29. The number of pyridine rings is 1. The van der Waals surface area contributed by atoms with Gasteiger partial charge in [-0.3, -0.25) is 14.6 Å². The van der Waals surface area contributed by atoms with Crippen molar-refractivity contribution >= 4 is 28.6 Å². The van der Waals surface area contributed by atoms with Crippen LogP contribution in [0.25, 0.3) is 16.7 Å². The van der Waals surface area contributed by atoms with Gasteiger partial charge in [0, 0.05) is 30.6 Å². The summed E-state index contributed by atoms with van der Waals surface area (Å²) < 4.78 is 13.1. The van der Waals surface area contributed by atoms with Crippen molar-refractivity contribution in [1.29, 1.82) is 0 Å². The molecule has 0 atom stereocenters. The van der Waals surface area contributed by atoms with E-state index in [1.165, 1.54) is 27.7 Å². The van der Waals surface area contributed by atoms with Crippen molar-refractivity contribution in [2.75, 3.05) is 19.0 Å². The number of aromatic nitrogens is 5. The largest absolute Gasteiger partial charge is 0.494 e. The number of aryl methyl sites for hydroxylation is 2. The van der Waals surface area contributed by atoms with Gasteiger partial charge in [-0.15, -0.1) is 0 Å². The number of ether oxygens (including phenoxy) is 2. The van der Waals surface area contributed by atoms with Crippen LogP contribution in [0.3, 0.4) is 0 Å². The average molecular weight is 492 g/mol. The second-order valence-corrected chi connectivity index (χ2v) is 7.79. The van der Waals surface area contributed by atoms with Gasteiger partial charge in [0.05, 0.1) is 19.9 Å². The van der Waals surface area contributed by atoms with Crippen LogP contribution >= 0.6 is 0 Å². The molecule has 0 bridgehead atoms. The SMILES string of the molecule is CCOC(=O)c1cnn(-c2cc(C)c3cccc(OC)c3n2)c1NC(=O)CCn1ccc(=O)[nH]c1=O. The molecule has 1 amide bonds. The van der Waals surface area contributed by atoms with Crippen LogP contribution in [0, 0.1) is 6.92 Å².